The maximum atomic E-state index is 5.15. The summed E-state index contributed by atoms with van der Waals surface area (Å²) in [7, 11) is 0. The molecule has 0 fully saturated rings. The van der Waals surface area contributed by atoms with Gasteiger partial charge >= 0.3 is 0 Å². The van der Waals surface area contributed by atoms with Crippen LogP contribution in [0, 0.1) is 0 Å². The summed E-state index contributed by atoms with van der Waals surface area (Å²) in [4.78, 5) is 19.5. The summed E-state index contributed by atoms with van der Waals surface area (Å²) in [6, 6.07) is 46.8. The van der Waals surface area contributed by atoms with E-state index in [1.807, 2.05) is 24.5 Å². The van der Waals surface area contributed by atoms with Crippen LogP contribution in [0.2, 0.25) is 0 Å². The minimum absolute atomic E-state index is 0.889. The van der Waals surface area contributed by atoms with Crippen LogP contribution in [0.15, 0.2) is 146 Å². The lowest BCUT2D eigenvalue weighted by atomic mass is 9.99. The van der Waals surface area contributed by atoms with Gasteiger partial charge in [0.15, 0.2) is 0 Å². The lowest BCUT2D eigenvalue weighted by molar-refractivity contribution is 1.36. The van der Waals surface area contributed by atoms with E-state index in [1.165, 1.54) is 16.3 Å². The highest BCUT2D eigenvalue weighted by atomic mass is 14.7. The summed E-state index contributed by atoms with van der Waals surface area (Å²) in [6.07, 6.45) is 3.64. The first-order valence-corrected chi connectivity index (χ1v) is 14.7. The van der Waals surface area contributed by atoms with Gasteiger partial charge in [0, 0.05) is 45.1 Å². The zero-order valence-electron chi connectivity index (χ0n) is 23.6. The first-order chi connectivity index (χ1) is 21.8. The largest absolute Gasteiger partial charge is 0.254 e. The van der Waals surface area contributed by atoms with Crippen LogP contribution in [-0.4, -0.2) is 19.9 Å². The third-order valence-corrected chi connectivity index (χ3v) is 8.50. The molecule has 0 saturated carbocycles. The molecule has 0 N–H and O–H groups in total. The normalized spacial score (nSPS) is 11.6. The molecule has 4 heterocycles. The summed E-state index contributed by atoms with van der Waals surface area (Å²) in [5.41, 5.74) is 9.95. The second-order valence-corrected chi connectivity index (χ2v) is 11.2. The molecule has 0 unspecified atom stereocenters. The average Bonchev–Trinajstić information content (AvgIpc) is 3.10. The number of nitrogens with zero attached hydrogens (tertiary/aromatic N) is 4. The van der Waals surface area contributed by atoms with Crippen LogP contribution in [0.4, 0.5) is 0 Å². The van der Waals surface area contributed by atoms with Gasteiger partial charge in [-0.1, -0.05) is 84.9 Å². The average molecular weight is 561 g/mol. The van der Waals surface area contributed by atoms with Gasteiger partial charge < -0.3 is 0 Å². The van der Waals surface area contributed by atoms with E-state index >= 15 is 0 Å². The van der Waals surface area contributed by atoms with Crippen LogP contribution in [0.3, 0.4) is 0 Å². The van der Waals surface area contributed by atoms with Gasteiger partial charge in [-0.05, 0) is 70.4 Å². The Labute approximate surface area is 253 Å². The van der Waals surface area contributed by atoms with Gasteiger partial charge in [0.2, 0.25) is 0 Å². The quantitative estimate of drug-likeness (QED) is 0.202. The Morgan fingerprint density at radius 3 is 1.80 bits per heavy atom. The zero-order valence-corrected chi connectivity index (χ0v) is 23.6. The first-order valence-electron chi connectivity index (χ1n) is 14.7. The van der Waals surface area contributed by atoms with Crippen LogP contribution < -0.4 is 0 Å². The minimum atomic E-state index is 0.889. The topological polar surface area (TPSA) is 51.6 Å². The molecule has 4 aromatic heterocycles. The molecule has 4 heteroatoms. The van der Waals surface area contributed by atoms with E-state index in [4.69, 9.17) is 9.97 Å². The van der Waals surface area contributed by atoms with E-state index in [9.17, 15) is 0 Å². The Bertz CT molecular complexity index is 2570. The number of fused-ring (bicyclic) bond motifs is 6. The van der Waals surface area contributed by atoms with Crippen molar-refractivity contribution < 1.29 is 0 Å². The predicted molar refractivity (Wildman–Crippen MR) is 181 cm³/mol. The third kappa shape index (κ3) is 4.08. The highest BCUT2D eigenvalue weighted by Crippen LogP contribution is 2.34. The first kappa shape index (κ1) is 24.6. The van der Waals surface area contributed by atoms with Crippen LogP contribution in [0.5, 0.6) is 0 Å². The number of rotatable bonds is 3. The fourth-order valence-corrected chi connectivity index (χ4v) is 6.24. The molecule has 4 nitrogen and oxygen atoms in total. The number of hydrogen-bond acceptors (Lipinski definition) is 4. The van der Waals surface area contributed by atoms with Crippen LogP contribution in [0.1, 0.15) is 0 Å². The van der Waals surface area contributed by atoms with Crippen molar-refractivity contribution >= 4 is 54.4 Å². The SMILES string of the molecule is c1ccc2cc(-c3ccc4ccc(-c5ccc6ccc(-c7cc8cccnc8c8ncccc78)nc6c5)nc4c3)ccc2c1. The Morgan fingerprint density at radius 1 is 0.364 bits per heavy atom. The molecule has 204 valence electrons. The van der Waals surface area contributed by atoms with E-state index in [-0.39, 0.29) is 0 Å². The fourth-order valence-electron chi connectivity index (χ4n) is 6.24. The Balaban J connectivity index is 1.14. The lowest BCUT2D eigenvalue weighted by Crippen LogP contribution is -1.92. The van der Waals surface area contributed by atoms with Crippen LogP contribution in [0.25, 0.3) is 88.0 Å². The monoisotopic (exact) mass is 560 g/mol. The van der Waals surface area contributed by atoms with Crippen molar-refractivity contribution in [3.05, 3.63) is 146 Å². The molecular formula is C40H24N4. The maximum absolute atomic E-state index is 5.15. The summed E-state index contributed by atoms with van der Waals surface area (Å²) in [5.74, 6) is 0. The molecular weight excluding hydrogens is 536 g/mol. The second-order valence-electron chi connectivity index (χ2n) is 11.2. The summed E-state index contributed by atoms with van der Waals surface area (Å²) < 4.78 is 0. The van der Waals surface area contributed by atoms with E-state index in [0.717, 1.165) is 71.7 Å². The standard InChI is InChI=1S/C40H24N4/c1-2-6-28-21-29(12-9-25(28)5-1)30-13-10-26-15-17-35(43-37(26)23-30)31-14-11-27-16-18-36(44-38(27)24-31)34-22-32-7-3-19-41-39(32)40-33(34)8-4-20-42-40/h1-24H. The van der Waals surface area contributed by atoms with E-state index in [1.54, 1.807) is 0 Å². The molecule has 0 aliphatic rings. The lowest BCUT2D eigenvalue weighted by Gasteiger charge is -2.11. The smallest absolute Gasteiger partial charge is 0.0971 e. The van der Waals surface area contributed by atoms with Gasteiger partial charge in [0.1, 0.15) is 0 Å². The minimum Gasteiger partial charge on any atom is -0.254 e. The molecule has 0 atom stereocenters. The van der Waals surface area contributed by atoms with Crippen molar-refractivity contribution in [3.8, 4) is 33.6 Å². The van der Waals surface area contributed by atoms with E-state index in [2.05, 4.69) is 131 Å². The molecule has 0 aliphatic heterocycles. The van der Waals surface area contributed by atoms with E-state index in [0.29, 0.717) is 0 Å². The van der Waals surface area contributed by atoms with Gasteiger partial charge in [-0.2, -0.15) is 0 Å². The van der Waals surface area contributed by atoms with E-state index < -0.39 is 0 Å². The van der Waals surface area contributed by atoms with Gasteiger partial charge in [-0.3, -0.25) is 9.97 Å². The zero-order chi connectivity index (χ0) is 29.0. The molecule has 0 bridgehead atoms. The molecule has 0 spiro atoms. The van der Waals surface area contributed by atoms with Crippen LogP contribution >= 0.6 is 0 Å². The Morgan fingerprint density at radius 2 is 0.955 bits per heavy atom. The highest BCUT2D eigenvalue weighted by molar-refractivity contribution is 6.10. The molecule has 5 aromatic carbocycles. The highest BCUT2D eigenvalue weighted by Gasteiger charge is 2.13. The van der Waals surface area contributed by atoms with Crippen molar-refractivity contribution in [2.24, 2.45) is 0 Å². The Kier molecular flexibility index (Phi) is 5.47. The molecule has 0 amide bonds. The molecule has 0 saturated heterocycles. The maximum Gasteiger partial charge on any atom is 0.0971 e. The Hall–Kier alpha value is -6.00. The molecule has 0 aliphatic carbocycles. The van der Waals surface area contributed by atoms with Crippen molar-refractivity contribution in [2.45, 2.75) is 0 Å². The van der Waals surface area contributed by atoms with Crippen molar-refractivity contribution in [1.29, 1.82) is 0 Å². The predicted octanol–water partition coefficient (Wildman–Crippen LogP) is 10.0. The van der Waals surface area contributed by atoms with Crippen molar-refractivity contribution in [1.82, 2.24) is 19.9 Å². The number of aromatic nitrogens is 4. The summed E-state index contributed by atoms with van der Waals surface area (Å²) >= 11 is 0. The van der Waals surface area contributed by atoms with Gasteiger partial charge in [-0.15, -0.1) is 0 Å². The van der Waals surface area contributed by atoms with Crippen molar-refractivity contribution in [3.63, 3.8) is 0 Å². The third-order valence-electron chi connectivity index (χ3n) is 8.50. The molecule has 9 aromatic rings. The fraction of sp³-hybridized carbons (Fsp3) is 0. The van der Waals surface area contributed by atoms with Crippen LogP contribution in [-0.2, 0) is 0 Å². The number of benzene rings is 5. The number of pyridine rings is 4. The molecule has 0 radical (unpaired) electrons. The molecule has 9 rings (SSSR count). The van der Waals surface area contributed by atoms with Gasteiger partial charge in [0.05, 0.1) is 33.5 Å². The summed E-state index contributed by atoms with van der Waals surface area (Å²) in [5, 5.41) is 6.77. The van der Waals surface area contributed by atoms with Crippen molar-refractivity contribution in [2.75, 3.05) is 0 Å². The second kappa shape index (κ2) is 9.79. The van der Waals surface area contributed by atoms with Gasteiger partial charge in [0.25, 0.3) is 0 Å². The molecule has 44 heavy (non-hydrogen) atoms. The van der Waals surface area contributed by atoms with Gasteiger partial charge in [-0.25, -0.2) is 9.97 Å². The summed E-state index contributed by atoms with van der Waals surface area (Å²) in [6.45, 7) is 0. The number of hydrogen-bond donors (Lipinski definition) is 0.